The van der Waals surface area contributed by atoms with Crippen molar-refractivity contribution in [3.8, 4) is 0 Å². The van der Waals surface area contributed by atoms with Gasteiger partial charge in [-0.05, 0) is 31.6 Å². The zero-order valence-corrected chi connectivity index (χ0v) is 9.69. The fraction of sp³-hybridized carbons (Fsp3) is 0.833. The highest BCUT2D eigenvalue weighted by molar-refractivity contribution is 5.80. The quantitative estimate of drug-likeness (QED) is 0.789. The first-order valence-corrected chi connectivity index (χ1v) is 6.11. The highest BCUT2D eigenvalue weighted by Gasteiger charge is 2.37. The maximum absolute atomic E-state index is 12.1. The third-order valence-corrected chi connectivity index (χ3v) is 3.80. The summed E-state index contributed by atoms with van der Waals surface area (Å²) in [6.07, 6.45) is 3.84. The van der Waals surface area contributed by atoms with E-state index in [2.05, 4.69) is 0 Å². The van der Waals surface area contributed by atoms with Crippen LogP contribution in [0.15, 0.2) is 0 Å². The van der Waals surface area contributed by atoms with Crippen LogP contribution in [-0.2, 0) is 9.59 Å². The van der Waals surface area contributed by atoms with E-state index in [9.17, 15) is 9.59 Å². The first-order chi connectivity index (χ1) is 7.59. The molecule has 1 aliphatic carbocycles. The lowest BCUT2D eigenvalue weighted by molar-refractivity contribution is -0.146. The van der Waals surface area contributed by atoms with E-state index in [1.807, 2.05) is 6.92 Å². The van der Waals surface area contributed by atoms with Crippen LogP contribution in [0, 0.1) is 17.8 Å². The zero-order chi connectivity index (χ0) is 11.7. The van der Waals surface area contributed by atoms with Crippen LogP contribution in [0.5, 0.6) is 0 Å². The molecule has 1 saturated carbocycles. The largest absolute Gasteiger partial charge is 0.481 e. The Balaban J connectivity index is 1.92. The Morgan fingerprint density at radius 2 is 2.00 bits per heavy atom. The van der Waals surface area contributed by atoms with Gasteiger partial charge in [-0.15, -0.1) is 0 Å². The van der Waals surface area contributed by atoms with Gasteiger partial charge in [0.25, 0.3) is 0 Å². The molecule has 1 amide bonds. The summed E-state index contributed by atoms with van der Waals surface area (Å²) in [4.78, 5) is 24.7. The Kier molecular flexibility index (Phi) is 3.17. The number of hydrogen-bond donors (Lipinski definition) is 1. The van der Waals surface area contributed by atoms with Gasteiger partial charge in [0.2, 0.25) is 5.91 Å². The van der Waals surface area contributed by atoms with Crippen molar-refractivity contribution < 1.29 is 14.7 Å². The Morgan fingerprint density at radius 3 is 2.56 bits per heavy atom. The van der Waals surface area contributed by atoms with Crippen molar-refractivity contribution in [2.24, 2.45) is 17.8 Å². The van der Waals surface area contributed by atoms with Crippen LogP contribution >= 0.6 is 0 Å². The van der Waals surface area contributed by atoms with Crippen molar-refractivity contribution in [2.75, 3.05) is 13.1 Å². The molecular weight excluding hydrogens is 206 g/mol. The summed E-state index contributed by atoms with van der Waals surface area (Å²) >= 11 is 0. The van der Waals surface area contributed by atoms with Crippen LogP contribution in [0.1, 0.15) is 32.6 Å². The number of likely N-dealkylation sites (tertiary alicyclic amines) is 1. The molecule has 1 aliphatic heterocycles. The summed E-state index contributed by atoms with van der Waals surface area (Å²) in [5, 5.41) is 8.96. The highest BCUT2D eigenvalue weighted by atomic mass is 16.4. The van der Waals surface area contributed by atoms with Gasteiger partial charge < -0.3 is 10.0 Å². The zero-order valence-electron chi connectivity index (χ0n) is 9.69. The van der Waals surface area contributed by atoms with E-state index in [4.69, 9.17) is 5.11 Å². The number of nitrogens with zero attached hydrogens (tertiary/aromatic N) is 1. The summed E-state index contributed by atoms with van der Waals surface area (Å²) in [5.74, 6) is -0.320. The smallest absolute Gasteiger partial charge is 0.308 e. The molecule has 0 radical (unpaired) electrons. The molecule has 2 aliphatic rings. The maximum atomic E-state index is 12.1. The molecule has 2 unspecified atom stereocenters. The number of carboxylic acids is 1. The second kappa shape index (κ2) is 4.44. The molecule has 16 heavy (non-hydrogen) atoms. The molecule has 0 aromatic rings. The minimum Gasteiger partial charge on any atom is -0.481 e. The Hall–Kier alpha value is -1.06. The Bertz CT molecular complexity index is 299. The average molecular weight is 225 g/mol. The summed E-state index contributed by atoms with van der Waals surface area (Å²) in [7, 11) is 0. The van der Waals surface area contributed by atoms with Crippen molar-refractivity contribution in [1.29, 1.82) is 0 Å². The number of carbonyl (C=O) groups is 2. The molecule has 90 valence electrons. The van der Waals surface area contributed by atoms with Crippen LogP contribution in [0.3, 0.4) is 0 Å². The van der Waals surface area contributed by atoms with Crippen LogP contribution < -0.4 is 0 Å². The minimum atomic E-state index is -0.767. The molecule has 4 heteroatoms. The molecule has 2 atom stereocenters. The van der Waals surface area contributed by atoms with Crippen LogP contribution in [-0.4, -0.2) is 35.0 Å². The van der Waals surface area contributed by atoms with Crippen molar-refractivity contribution in [3.63, 3.8) is 0 Å². The van der Waals surface area contributed by atoms with Gasteiger partial charge in [-0.25, -0.2) is 0 Å². The van der Waals surface area contributed by atoms with E-state index in [1.54, 1.807) is 4.90 Å². The first-order valence-electron chi connectivity index (χ1n) is 6.11. The van der Waals surface area contributed by atoms with Gasteiger partial charge in [-0.3, -0.25) is 9.59 Å². The van der Waals surface area contributed by atoms with Crippen molar-refractivity contribution in [1.82, 2.24) is 4.90 Å². The number of hydrogen-bond acceptors (Lipinski definition) is 2. The fourth-order valence-corrected chi connectivity index (χ4v) is 2.46. The SMILES string of the molecule is CC(C(=O)N1CCCC(C(=O)O)C1)C1CC1. The Labute approximate surface area is 95.6 Å². The summed E-state index contributed by atoms with van der Waals surface area (Å²) in [5.41, 5.74) is 0. The third kappa shape index (κ3) is 2.36. The molecule has 2 rings (SSSR count). The molecule has 0 spiro atoms. The second-order valence-electron chi connectivity index (χ2n) is 5.09. The van der Waals surface area contributed by atoms with Crippen molar-refractivity contribution in [2.45, 2.75) is 32.6 Å². The van der Waals surface area contributed by atoms with E-state index < -0.39 is 5.97 Å². The normalized spacial score (nSPS) is 27.6. The minimum absolute atomic E-state index is 0.0903. The highest BCUT2D eigenvalue weighted by Crippen LogP contribution is 2.37. The lowest BCUT2D eigenvalue weighted by Gasteiger charge is -2.32. The number of piperidine rings is 1. The summed E-state index contributed by atoms with van der Waals surface area (Å²) in [6, 6.07) is 0. The third-order valence-electron chi connectivity index (χ3n) is 3.80. The number of carbonyl (C=O) groups excluding carboxylic acids is 1. The standard InChI is InChI=1S/C12H19NO3/c1-8(9-4-5-9)11(14)13-6-2-3-10(7-13)12(15)16/h8-10H,2-7H2,1H3,(H,15,16). The van der Waals surface area contributed by atoms with E-state index in [1.165, 1.54) is 0 Å². The molecular formula is C12H19NO3. The predicted molar refractivity (Wildman–Crippen MR) is 58.8 cm³/mol. The topological polar surface area (TPSA) is 57.6 Å². The molecule has 1 heterocycles. The number of carboxylic acid groups (broad SMARTS) is 1. The Morgan fingerprint density at radius 1 is 1.31 bits per heavy atom. The first kappa shape index (κ1) is 11.4. The summed E-state index contributed by atoms with van der Waals surface area (Å²) < 4.78 is 0. The molecule has 4 nitrogen and oxygen atoms in total. The molecule has 0 aromatic carbocycles. The number of rotatable bonds is 3. The number of aliphatic carboxylic acids is 1. The molecule has 0 bridgehead atoms. The van der Waals surface area contributed by atoms with Gasteiger partial charge in [0.05, 0.1) is 5.92 Å². The monoisotopic (exact) mass is 225 g/mol. The maximum Gasteiger partial charge on any atom is 0.308 e. The molecule has 2 fully saturated rings. The van der Waals surface area contributed by atoms with Gasteiger partial charge in [-0.1, -0.05) is 6.92 Å². The van der Waals surface area contributed by atoms with Crippen molar-refractivity contribution in [3.05, 3.63) is 0 Å². The van der Waals surface area contributed by atoms with E-state index >= 15 is 0 Å². The van der Waals surface area contributed by atoms with E-state index in [-0.39, 0.29) is 17.7 Å². The van der Waals surface area contributed by atoms with E-state index in [0.29, 0.717) is 18.9 Å². The van der Waals surface area contributed by atoms with E-state index in [0.717, 1.165) is 25.8 Å². The summed E-state index contributed by atoms with van der Waals surface area (Å²) in [6.45, 7) is 3.12. The molecule has 1 saturated heterocycles. The van der Waals surface area contributed by atoms with Gasteiger partial charge in [0.1, 0.15) is 0 Å². The molecule has 0 aromatic heterocycles. The van der Waals surface area contributed by atoms with Gasteiger partial charge >= 0.3 is 5.97 Å². The van der Waals surface area contributed by atoms with Gasteiger partial charge in [0, 0.05) is 19.0 Å². The fourth-order valence-electron chi connectivity index (χ4n) is 2.46. The van der Waals surface area contributed by atoms with Gasteiger partial charge in [-0.2, -0.15) is 0 Å². The van der Waals surface area contributed by atoms with Crippen LogP contribution in [0.25, 0.3) is 0 Å². The van der Waals surface area contributed by atoms with Crippen LogP contribution in [0.2, 0.25) is 0 Å². The molecule has 1 N–H and O–H groups in total. The second-order valence-corrected chi connectivity index (χ2v) is 5.09. The van der Waals surface area contributed by atoms with Gasteiger partial charge in [0.15, 0.2) is 0 Å². The lowest BCUT2D eigenvalue weighted by atomic mass is 9.96. The number of amides is 1. The van der Waals surface area contributed by atoms with Crippen molar-refractivity contribution >= 4 is 11.9 Å². The average Bonchev–Trinajstić information content (AvgIpc) is 3.11. The van der Waals surface area contributed by atoms with Crippen LogP contribution in [0.4, 0.5) is 0 Å². The lowest BCUT2D eigenvalue weighted by Crippen LogP contribution is -2.44. The predicted octanol–water partition coefficient (Wildman–Crippen LogP) is 1.36.